The highest BCUT2D eigenvalue weighted by atomic mass is 32.1. The molecule has 0 aromatic carbocycles. The highest BCUT2D eigenvalue weighted by Gasteiger charge is 2.05. The van der Waals surface area contributed by atoms with Gasteiger partial charge in [-0.25, -0.2) is 4.98 Å². The Labute approximate surface area is 102 Å². The Hall–Kier alpha value is -1.94. The number of thiophene rings is 1. The van der Waals surface area contributed by atoms with Gasteiger partial charge in [-0.1, -0.05) is 6.07 Å². The van der Waals surface area contributed by atoms with Gasteiger partial charge in [0.1, 0.15) is 5.65 Å². The van der Waals surface area contributed by atoms with E-state index < -0.39 is 0 Å². The molecule has 0 aliphatic carbocycles. The van der Waals surface area contributed by atoms with Gasteiger partial charge in [0.15, 0.2) is 0 Å². The molecule has 4 heteroatoms. The van der Waals surface area contributed by atoms with Gasteiger partial charge in [-0.2, -0.15) is 11.3 Å². The van der Waals surface area contributed by atoms with Crippen LogP contribution in [0.5, 0.6) is 0 Å². The van der Waals surface area contributed by atoms with Crippen molar-refractivity contribution in [1.82, 2.24) is 9.38 Å². The maximum atomic E-state index is 12.0. The molecule has 84 valence electrons. The monoisotopic (exact) mass is 242 g/mol. The Bertz CT molecular complexity index is 729. The SMILES string of the molecule is Cc1cccc2nc(-c3ccsc3)cc(=O)n12. The summed E-state index contributed by atoms with van der Waals surface area (Å²) in [4.78, 5) is 16.6. The summed E-state index contributed by atoms with van der Waals surface area (Å²) in [5.74, 6) is 0. The number of nitrogens with zero attached hydrogens (tertiary/aromatic N) is 2. The van der Waals surface area contributed by atoms with Crippen molar-refractivity contribution in [2.45, 2.75) is 6.92 Å². The van der Waals surface area contributed by atoms with Crippen molar-refractivity contribution < 1.29 is 0 Å². The molecule has 0 amide bonds. The summed E-state index contributed by atoms with van der Waals surface area (Å²) in [6.07, 6.45) is 0. The zero-order valence-corrected chi connectivity index (χ0v) is 10.1. The van der Waals surface area contributed by atoms with E-state index in [0.717, 1.165) is 17.0 Å². The van der Waals surface area contributed by atoms with Crippen LogP contribution in [0.2, 0.25) is 0 Å². The van der Waals surface area contributed by atoms with E-state index in [1.807, 2.05) is 41.9 Å². The normalized spacial score (nSPS) is 10.9. The molecule has 3 heterocycles. The van der Waals surface area contributed by atoms with Crippen LogP contribution >= 0.6 is 11.3 Å². The predicted molar refractivity (Wildman–Crippen MR) is 69.5 cm³/mol. The molecule has 0 unspecified atom stereocenters. The molecule has 0 N–H and O–H groups in total. The molecule has 0 spiro atoms. The molecule has 0 radical (unpaired) electrons. The first-order valence-corrected chi connectivity index (χ1v) is 6.22. The van der Waals surface area contributed by atoms with Crippen molar-refractivity contribution >= 4 is 17.0 Å². The number of pyridine rings is 1. The second-order valence-corrected chi connectivity index (χ2v) is 4.63. The second kappa shape index (κ2) is 3.82. The van der Waals surface area contributed by atoms with Crippen LogP contribution < -0.4 is 5.56 Å². The summed E-state index contributed by atoms with van der Waals surface area (Å²) in [6, 6.07) is 9.22. The fraction of sp³-hybridized carbons (Fsp3) is 0.0769. The van der Waals surface area contributed by atoms with E-state index in [1.54, 1.807) is 21.8 Å². The van der Waals surface area contributed by atoms with Gasteiger partial charge in [0.2, 0.25) is 0 Å². The Morgan fingerprint density at radius 2 is 2.18 bits per heavy atom. The lowest BCUT2D eigenvalue weighted by Crippen LogP contribution is -2.16. The van der Waals surface area contributed by atoms with Gasteiger partial charge < -0.3 is 0 Å². The van der Waals surface area contributed by atoms with Gasteiger partial charge in [0.05, 0.1) is 5.69 Å². The van der Waals surface area contributed by atoms with Crippen LogP contribution in [0.4, 0.5) is 0 Å². The summed E-state index contributed by atoms with van der Waals surface area (Å²) in [6.45, 7) is 1.90. The van der Waals surface area contributed by atoms with E-state index in [0.29, 0.717) is 5.65 Å². The van der Waals surface area contributed by atoms with Gasteiger partial charge in [0.25, 0.3) is 5.56 Å². The maximum Gasteiger partial charge on any atom is 0.258 e. The first kappa shape index (κ1) is 10.2. The highest BCUT2D eigenvalue weighted by Crippen LogP contribution is 2.19. The van der Waals surface area contributed by atoms with Crippen molar-refractivity contribution in [3.63, 3.8) is 0 Å². The van der Waals surface area contributed by atoms with Crippen LogP contribution in [0, 0.1) is 6.92 Å². The fourth-order valence-electron chi connectivity index (χ4n) is 1.87. The molecule has 0 bridgehead atoms. The molecular weight excluding hydrogens is 232 g/mol. The Balaban J connectivity index is 2.36. The quantitative estimate of drug-likeness (QED) is 0.657. The third kappa shape index (κ3) is 1.66. The van der Waals surface area contributed by atoms with Crippen LogP contribution in [-0.2, 0) is 0 Å². The van der Waals surface area contributed by atoms with Crippen LogP contribution in [0.25, 0.3) is 16.9 Å². The fourth-order valence-corrected chi connectivity index (χ4v) is 2.52. The average molecular weight is 242 g/mol. The molecule has 3 rings (SSSR count). The third-order valence-electron chi connectivity index (χ3n) is 2.70. The van der Waals surface area contributed by atoms with E-state index in [1.165, 1.54) is 0 Å². The third-order valence-corrected chi connectivity index (χ3v) is 3.38. The number of aryl methyl sites for hydroxylation is 1. The molecular formula is C13H10N2OS. The first-order chi connectivity index (χ1) is 8.25. The van der Waals surface area contributed by atoms with Crippen molar-refractivity contribution in [3.8, 4) is 11.3 Å². The van der Waals surface area contributed by atoms with E-state index in [-0.39, 0.29) is 5.56 Å². The molecule has 0 atom stereocenters. The molecule has 3 nitrogen and oxygen atoms in total. The first-order valence-electron chi connectivity index (χ1n) is 5.28. The molecule has 0 aliphatic heterocycles. The van der Waals surface area contributed by atoms with Crippen LogP contribution in [-0.4, -0.2) is 9.38 Å². The van der Waals surface area contributed by atoms with E-state index in [4.69, 9.17) is 0 Å². The Kier molecular flexibility index (Phi) is 2.30. The average Bonchev–Trinajstić information content (AvgIpc) is 2.81. The minimum absolute atomic E-state index is 0.0331. The van der Waals surface area contributed by atoms with Crippen LogP contribution in [0.15, 0.2) is 45.9 Å². The maximum absolute atomic E-state index is 12.0. The van der Waals surface area contributed by atoms with Crippen molar-refractivity contribution in [2.75, 3.05) is 0 Å². The van der Waals surface area contributed by atoms with Gasteiger partial charge in [-0.05, 0) is 30.5 Å². The standard InChI is InChI=1S/C13H10N2OS/c1-9-3-2-4-12-14-11(7-13(16)15(9)12)10-5-6-17-8-10/h2-8H,1H3. The van der Waals surface area contributed by atoms with Crippen molar-refractivity contribution in [1.29, 1.82) is 0 Å². The molecule has 3 aromatic heterocycles. The van der Waals surface area contributed by atoms with Crippen LogP contribution in [0.1, 0.15) is 5.69 Å². The minimum Gasteiger partial charge on any atom is -0.269 e. The molecule has 17 heavy (non-hydrogen) atoms. The molecule has 3 aromatic rings. The van der Waals surface area contributed by atoms with E-state index in [2.05, 4.69) is 4.98 Å². The van der Waals surface area contributed by atoms with Crippen LogP contribution in [0.3, 0.4) is 0 Å². The lowest BCUT2D eigenvalue weighted by molar-refractivity contribution is 0.993. The number of fused-ring (bicyclic) bond motifs is 1. The minimum atomic E-state index is -0.0331. The summed E-state index contributed by atoms with van der Waals surface area (Å²) in [7, 11) is 0. The number of hydrogen-bond donors (Lipinski definition) is 0. The lowest BCUT2D eigenvalue weighted by atomic mass is 10.2. The van der Waals surface area contributed by atoms with Gasteiger partial charge in [-0.3, -0.25) is 9.20 Å². The van der Waals surface area contributed by atoms with Gasteiger partial charge in [-0.15, -0.1) is 0 Å². The summed E-state index contributed by atoms with van der Waals surface area (Å²) in [5, 5.41) is 3.98. The topological polar surface area (TPSA) is 34.4 Å². The zero-order valence-electron chi connectivity index (χ0n) is 9.25. The molecule has 0 saturated carbocycles. The number of hydrogen-bond acceptors (Lipinski definition) is 3. The largest absolute Gasteiger partial charge is 0.269 e. The number of rotatable bonds is 1. The summed E-state index contributed by atoms with van der Waals surface area (Å²) >= 11 is 1.60. The van der Waals surface area contributed by atoms with Gasteiger partial charge in [0, 0.05) is 22.7 Å². The number of aromatic nitrogens is 2. The highest BCUT2D eigenvalue weighted by molar-refractivity contribution is 7.08. The summed E-state index contributed by atoms with van der Waals surface area (Å²) < 4.78 is 1.62. The predicted octanol–water partition coefficient (Wildman–Crippen LogP) is 2.73. The zero-order chi connectivity index (χ0) is 11.8. The summed E-state index contributed by atoms with van der Waals surface area (Å²) in [5.41, 5.74) is 3.29. The smallest absolute Gasteiger partial charge is 0.258 e. The molecule has 0 aliphatic rings. The van der Waals surface area contributed by atoms with E-state index >= 15 is 0 Å². The Morgan fingerprint density at radius 1 is 1.29 bits per heavy atom. The van der Waals surface area contributed by atoms with E-state index in [9.17, 15) is 4.79 Å². The molecule has 0 fully saturated rings. The van der Waals surface area contributed by atoms with Crippen molar-refractivity contribution in [2.24, 2.45) is 0 Å². The van der Waals surface area contributed by atoms with Crippen molar-refractivity contribution in [3.05, 3.63) is 57.1 Å². The second-order valence-electron chi connectivity index (χ2n) is 3.85. The Morgan fingerprint density at radius 3 is 2.94 bits per heavy atom. The molecule has 0 saturated heterocycles. The lowest BCUT2D eigenvalue weighted by Gasteiger charge is -2.05. The van der Waals surface area contributed by atoms with Gasteiger partial charge >= 0.3 is 0 Å².